The summed E-state index contributed by atoms with van der Waals surface area (Å²) in [6.45, 7) is 3.89. The van der Waals surface area contributed by atoms with E-state index >= 15 is 0 Å². The molecule has 0 aromatic heterocycles. The molecule has 0 saturated heterocycles. The number of nitrogens with one attached hydrogen (secondary N) is 1. The van der Waals surface area contributed by atoms with Crippen molar-refractivity contribution in [3.8, 4) is 0 Å². The topological polar surface area (TPSA) is 107 Å². The Morgan fingerprint density at radius 2 is 1.65 bits per heavy atom. The molecule has 0 saturated carbocycles. The van der Waals surface area contributed by atoms with Gasteiger partial charge in [-0.1, -0.05) is 20.8 Å². The van der Waals surface area contributed by atoms with Crippen molar-refractivity contribution in [3.63, 3.8) is 0 Å². The average Bonchev–Trinajstić information content (AvgIpc) is 2.33. The highest BCUT2D eigenvalue weighted by molar-refractivity contribution is 5.84. The van der Waals surface area contributed by atoms with Crippen molar-refractivity contribution in [1.29, 1.82) is 0 Å². The van der Waals surface area contributed by atoms with Crippen molar-refractivity contribution < 1.29 is 24.9 Å². The molecule has 0 aliphatic heterocycles. The Kier molecular flexibility index (Phi) is 6.12. The van der Waals surface area contributed by atoms with Crippen LogP contribution in [0, 0.1) is 11.8 Å². The van der Waals surface area contributed by atoms with Gasteiger partial charge in [0.25, 0.3) is 0 Å². The van der Waals surface area contributed by atoms with Crippen LogP contribution in [0.4, 0.5) is 0 Å². The molecule has 0 heterocycles. The van der Waals surface area contributed by atoms with Gasteiger partial charge in [-0.2, -0.15) is 0 Å². The number of hydrogen-bond acceptors (Lipinski definition) is 4. The van der Waals surface area contributed by atoms with E-state index in [0.29, 0.717) is 6.42 Å². The van der Waals surface area contributed by atoms with Crippen molar-refractivity contribution >= 4 is 11.9 Å². The van der Waals surface area contributed by atoms with E-state index in [1.807, 2.05) is 0 Å². The molecule has 4 N–H and O–H groups in total. The van der Waals surface area contributed by atoms with E-state index in [0.717, 1.165) is 0 Å². The smallest absolute Gasteiger partial charge is 0.307 e. The van der Waals surface area contributed by atoms with Crippen LogP contribution in [0.15, 0.2) is 0 Å². The molecule has 6 heteroatoms. The molecule has 0 aromatic carbocycles. The summed E-state index contributed by atoms with van der Waals surface area (Å²) in [5, 5.41) is 29.6. The standard InChI is InChI=1S/C11H21NO5/c1-4-11(5-13,6-14)12-9(15)7(2)8(3)10(16)17/h7-8,13-14H,4-6H2,1-3H3,(H,12,15)(H,16,17). The van der Waals surface area contributed by atoms with E-state index in [1.54, 1.807) is 6.92 Å². The highest BCUT2D eigenvalue weighted by atomic mass is 16.4. The third-order valence-corrected chi connectivity index (χ3v) is 3.22. The van der Waals surface area contributed by atoms with Crippen LogP contribution in [0.5, 0.6) is 0 Å². The van der Waals surface area contributed by atoms with Gasteiger partial charge in [0.1, 0.15) is 0 Å². The molecule has 1 amide bonds. The van der Waals surface area contributed by atoms with E-state index in [4.69, 9.17) is 15.3 Å². The predicted octanol–water partition coefficient (Wildman–Crippen LogP) is -0.407. The molecule has 6 nitrogen and oxygen atoms in total. The van der Waals surface area contributed by atoms with E-state index in [1.165, 1.54) is 13.8 Å². The molecular formula is C11H21NO5. The first-order valence-corrected chi connectivity index (χ1v) is 5.60. The Labute approximate surface area is 101 Å². The summed E-state index contributed by atoms with van der Waals surface area (Å²) in [6, 6.07) is 0. The zero-order valence-corrected chi connectivity index (χ0v) is 10.4. The van der Waals surface area contributed by atoms with E-state index in [9.17, 15) is 9.59 Å². The molecule has 0 rings (SSSR count). The van der Waals surface area contributed by atoms with Crippen LogP contribution in [0.25, 0.3) is 0 Å². The Morgan fingerprint density at radius 1 is 1.18 bits per heavy atom. The fourth-order valence-corrected chi connectivity index (χ4v) is 1.26. The summed E-state index contributed by atoms with van der Waals surface area (Å²) in [5.41, 5.74) is -1.08. The third kappa shape index (κ3) is 3.98. The summed E-state index contributed by atoms with van der Waals surface area (Å²) in [5.74, 6) is -3.08. The third-order valence-electron chi connectivity index (χ3n) is 3.22. The molecule has 0 bridgehead atoms. The first-order valence-electron chi connectivity index (χ1n) is 5.60. The predicted molar refractivity (Wildman–Crippen MR) is 61.3 cm³/mol. The Bertz CT molecular complexity index is 267. The summed E-state index contributed by atoms with van der Waals surface area (Å²) >= 11 is 0. The molecule has 0 aliphatic carbocycles. The van der Waals surface area contributed by atoms with Crippen LogP contribution in [-0.4, -0.2) is 45.9 Å². The Morgan fingerprint density at radius 3 is 1.94 bits per heavy atom. The van der Waals surface area contributed by atoms with Gasteiger partial charge in [-0.05, 0) is 6.42 Å². The number of carbonyl (C=O) groups excluding carboxylic acids is 1. The fourth-order valence-electron chi connectivity index (χ4n) is 1.26. The van der Waals surface area contributed by atoms with Gasteiger partial charge in [0.15, 0.2) is 0 Å². The minimum atomic E-state index is -1.08. The quantitative estimate of drug-likeness (QED) is 0.489. The first-order chi connectivity index (χ1) is 7.83. The molecule has 0 fully saturated rings. The Balaban J connectivity index is 4.67. The lowest BCUT2D eigenvalue weighted by Crippen LogP contribution is -2.55. The van der Waals surface area contributed by atoms with Crippen LogP contribution in [-0.2, 0) is 9.59 Å². The van der Waals surface area contributed by atoms with Crippen LogP contribution in [0.1, 0.15) is 27.2 Å². The Hall–Kier alpha value is -1.14. The number of amides is 1. The lowest BCUT2D eigenvalue weighted by atomic mass is 9.92. The molecule has 0 aliphatic rings. The largest absolute Gasteiger partial charge is 0.481 e. The number of aliphatic carboxylic acids is 1. The van der Waals surface area contributed by atoms with Gasteiger partial charge in [-0.25, -0.2) is 0 Å². The zero-order chi connectivity index (χ0) is 13.6. The maximum absolute atomic E-state index is 11.8. The SMILES string of the molecule is CCC(CO)(CO)NC(=O)C(C)C(C)C(=O)O. The lowest BCUT2D eigenvalue weighted by Gasteiger charge is -2.31. The lowest BCUT2D eigenvalue weighted by molar-refractivity contribution is -0.146. The molecule has 2 atom stereocenters. The monoisotopic (exact) mass is 247 g/mol. The molecule has 0 radical (unpaired) electrons. The van der Waals surface area contributed by atoms with Crippen LogP contribution in [0.2, 0.25) is 0 Å². The minimum absolute atomic E-state index is 0.361. The fraction of sp³-hybridized carbons (Fsp3) is 0.818. The maximum atomic E-state index is 11.8. The van der Waals surface area contributed by atoms with E-state index in [2.05, 4.69) is 5.32 Å². The highest BCUT2D eigenvalue weighted by Gasteiger charge is 2.33. The second kappa shape index (κ2) is 6.56. The van der Waals surface area contributed by atoms with E-state index < -0.39 is 29.3 Å². The molecule has 2 unspecified atom stereocenters. The first kappa shape index (κ1) is 15.9. The second-order valence-corrected chi connectivity index (χ2v) is 4.35. The van der Waals surface area contributed by atoms with Gasteiger partial charge in [-0.15, -0.1) is 0 Å². The van der Waals surface area contributed by atoms with Crippen LogP contribution in [0.3, 0.4) is 0 Å². The van der Waals surface area contributed by atoms with Crippen molar-refractivity contribution in [1.82, 2.24) is 5.32 Å². The number of aliphatic hydroxyl groups excluding tert-OH is 2. The van der Waals surface area contributed by atoms with Crippen molar-refractivity contribution in [2.45, 2.75) is 32.7 Å². The number of carboxylic acid groups (broad SMARTS) is 1. The van der Waals surface area contributed by atoms with Gasteiger partial charge in [0.05, 0.1) is 24.7 Å². The van der Waals surface area contributed by atoms with E-state index in [-0.39, 0.29) is 13.2 Å². The number of carboxylic acids is 1. The van der Waals surface area contributed by atoms with Crippen molar-refractivity contribution in [3.05, 3.63) is 0 Å². The van der Waals surface area contributed by atoms with Gasteiger partial charge < -0.3 is 20.6 Å². The van der Waals surface area contributed by atoms with Crippen molar-refractivity contribution in [2.24, 2.45) is 11.8 Å². The normalized spacial score (nSPS) is 15.1. The summed E-state index contributed by atoms with van der Waals surface area (Å²) in [4.78, 5) is 22.5. The number of rotatable bonds is 7. The minimum Gasteiger partial charge on any atom is -0.481 e. The second-order valence-electron chi connectivity index (χ2n) is 4.35. The highest BCUT2D eigenvalue weighted by Crippen LogP contribution is 2.15. The van der Waals surface area contributed by atoms with Crippen LogP contribution >= 0.6 is 0 Å². The van der Waals surface area contributed by atoms with Gasteiger partial charge in [0, 0.05) is 5.92 Å². The molecule has 100 valence electrons. The number of aliphatic hydroxyl groups is 2. The summed E-state index contributed by atoms with van der Waals surface area (Å²) in [7, 11) is 0. The van der Waals surface area contributed by atoms with Crippen molar-refractivity contribution in [2.75, 3.05) is 13.2 Å². The zero-order valence-electron chi connectivity index (χ0n) is 10.4. The van der Waals surface area contributed by atoms with Gasteiger partial charge >= 0.3 is 5.97 Å². The van der Waals surface area contributed by atoms with Gasteiger partial charge in [-0.3, -0.25) is 9.59 Å². The summed E-state index contributed by atoms with van der Waals surface area (Å²) < 4.78 is 0. The maximum Gasteiger partial charge on any atom is 0.307 e. The molecule has 0 aromatic rings. The number of hydrogen-bond donors (Lipinski definition) is 4. The molecule has 0 spiro atoms. The molecular weight excluding hydrogens is 226 g/mol. The van der Waals surface area contributed by atoms with Crippen LogP contribution < -0.4 is 5.32 Å². The molecule has 17 heavy (non-hydrogen) atoms. The average molecular weight is 247 g/mol. The number of carbonyl (C=O) groups is 2. The summed E-state index contributed by atoms with van der Waals surface area (Å²) in [6.07, 6.45) is 0.361. The van der Waals surface area contributed by atoms with Gasteiger partial charge in [0.2, 0.25) is 5.91 Å².